The second-order valence-corrected chi connectivity index (χ2v) is 6.19. The summed E-state index contributed by atoms with van der Waals surface area (Å²) < 4.78 is 19.0. The summed E-state index contributed by atoms with van der Waals surface area (Å²) in [7, 11) is 0. The molecule has 20 heavy (non-hydrogen) atoms. The third-order valence-corrected chi connectivity index (χ3v) is 3.35. The van der Waals surface area contributed by atoms with Gasteiger partial charge in [0.05, 0.1) is 11.1 Å². The maximum absolute atomic E-state index is 13.8. The monoisotopic (exact) mass is 297 g/mol. The minimum atomic E-state index is -0.458. The van der Waals surface area contributed by atoms with Gasteiger partial charge in [-0.1, -0.05) is 49.7 Å². The zero-order chi connectivity index (χ0) is 14.9. The Morgan fingerprint density at radius 1 is 1.40 bits per heavy atom. The lowest BCUT2D eigenvalue weighted by atomic mass is 9.87. The van der Waals surface area contributed by atoms with Crippen LogP contribution in [0.1, 0.15) is 44.1 Å². The summed E-state index contributed by atoms with van der Waals surface area (Å²) in [4.78, 5) is 4.23. The van der Waals surface area contributed by atoms with Crippen LogP contribution < -0.4 is 5.73 Å². The van der Waals surface area contributed by atoms with Crippen molar-refractivity contribution in [2.24, 2.45) is 11.1 Å². The molecule has 108 valence electrons. The molecule has 1 heterocycles. The Morgan fingerprint density at radius 3 is 2.75 bits per heavy atom. The third kappa shape index (κ3) is 3.16. The Morgan fingerprint density at radius 2 is 2.10 bits per heavy atom. The van der Waals surface area contributed by atoms with Crippen LogP contribution in [-0.2, 0) is 6.42 Å². The van der Waals surface area contributed by atoms with Gasteiger partial charge in [0.1, 0.15) is 5.82 Å². The van der Waals surface area contributed by atoms with Crippen molar-refractivity contribution in [1.82, 2.24) is 10.1 Å². The Bertz CT molecular complexity index is 607. The molecule has 6 heteroatoms. The molecule has 0 fully saturated rings. The van der Waals surface area contributed by atoms with Gasteiger partial charge in [-0.3, -0.25) is 0 Å². The highest BCUT2D eigenvalue weighted by molar-refractivity contribution is 6.30. The first-order valence-electron chi connectivity index (χ1n) is 6.30. The second kappa shape index (κ2) is 5.50. The van der Waals surface area contributed by atoms with Crippen LogP contribution in [0.2, 0.25) is 5.02 Å². The maximum atomic E-state index is 13.8. The van der Waals surface area contributed by atoms with Crippen LogP contribution in [0.25, 0.3) is 0 Å². The van der Waals surface area contributed by atoms with Crippen molar-refractivity contribution in [3.8, 4) is 0 Å². The quantitative estimate of drug-likeness (QED) is 0.941. The largest absolute Gasteiger partial charge is 0.338 e. The van der Waals surface area contributed by atoms with Gasteiger partial charge in [0, 0.05) is 6.42 Å². The van der Waals surface area contributed by atoms with Crippen molar-refractivity contribution in [3.63, 3.8) is 0 Å². The SMILES string of the molecule is CC(C)(C)[C@H](N)c1nc(Cc2cccc(Cl)c2F)no1. The first-order chi connectivity index (χ1) is 9.29. The summed E-state index contributed by atoms with van der Waals surface area (Å²) in [5.74, 6) is 0.288. The third-order valence-electron chi connectivity index (χ3n) is 3.06. The number of nitrogens with zero attached hydrogens (tertiary/aromatic N) is 2. The Balaban J connectivity index is 2.20. The fourth-order valence-electron chi connectivity index (χ4n) is 1.69. The molecule has 2 N–H and O–H groups in total. The molecule has 0 aliphatic carbocycles. The molecular weight excluding hydrogens is 281 g/mol. The zero-order valence-corrected chi connectivity index (χ0v) is 12.4. The van der Waals surface area contributed by atoms with E-state index >= 15 is 0 Å². The van der Waals surface area contributed by atoms with Gasteiger partial charge in [-0.2, -0.15) is 4.98 Å². The van der Waals surface area contributed by atoms with Crippen LogP contribution in [0, 0.1) is 11.2 Å². The summed E-state index contributed by atoms with van der Waals surface area (Å²) in [6.45, 7) is 5.95. The minimum Gasteiger partial charge on any atom is -0.338 e. The van der Waals surface area contributed by atoms with Gasteiger partial charge in [-0.05, 0) is 17.0 Å². The highest BCUT2D eigenvalue weighted by atomic mass is 35.5. The summed E-state index contributed by atoms with van der Waals surface area (Å²) in [6.07, 6.45) is 0.215. The predicted octanol–water partition coefficient (Wildman–Crippen LogP) is 3.50. The van der Waals surface area contributed by atoms with Gasteiger partial charge in [-0.15, -0.1) is 0 Å². The average Bonchev–Trinajstić information content (AvgIpc) is 2.81. The zero-order valence-electron chi connectivity index (χ0n) is 11.7. The van der Waals surface area contributed by atoms with Crippen LogP contribution in [-0.4, -0.2) is 10.1 Å². The van der Waals surface area contributed by atoms with E-state index in [1.807, 2.05) is 20.8 Å². The summed E-state index contributed by atoms with van der Waals surface area (Å²) >= 11 is 5.74. The number of aromatic nitrogens is 2. The molecule has 2 rings (SSSR count). The van der Waals surface area contributed by atoms with Gasteiger partial charge in [0.25, 0.3) is 0 Å². The van der Waals surface area contributed by atoms with Gasteiger partial charge < -0.3 is 10.3 Å². The van der Waals surface area contributed by atoms with Crippen LogP contribution >= 0.6 is 11.6 Å². The lowest BCUT2D eigenvalue weighted by molar-refractivity contribution is 0.252. The van der Waals surface area contributed by atoms with E-state index in [9.17, 15) is 4.39 Å². The van der Waals surface area contributed by atoms with Gasteiger partial charge in [0.15, 0.2) is 5.82 Å². The molecule has 1 aromatic heterocycles. The summed E-state index contributed by atoms with van der Waals surface area (Å²) in [6, 6.07) is 4.45. The van der Waals surface area contributed by atoms with Crippen LogP contribution in [0.5, 0.6) is 0 Å². The first kappa shape index (κ1) is 14.9. The molecule has 0 unspecified atom stereocenters. The van der Waals surface area contributed by atoms with Crippen molar-refractivity contribution < 1.29 is 8.91 Å². The molecule has 0 aliphatic rings. The van der Waals surface area contributed by atoms with E-state index < -0.39 is 5.82 Å². The van der Waals surface area contributed by atoms with E-state index in [2.05, 4.69) is 10.1 Å². The molecule has 0 bridgehead atoms. The molecule has 1 atom stereocenters. The first-order valence-corrected chi connectivity index (χ1v) is 6.68. The number of nitrogens with two attached hydrogens (primary N) is 1. The number of halogens is 2. The number of hydrogen-bond acceptors (Lipinski definition) is 4. The Hall–Kier alpha value is -1.46. The Kier molecular flexibility index (Phi) is 4.11. The van der Waals surface area contributed by atoms with Crippen molar-refractivity contribution >= 4 is 11.6 Å². The molecule has 0 radical (unpaired) electrons. The van der Waals surface area contributed by atoms with Crippen molar-refractivity contribution in [2.75, 3.05) is 0 Å². The van der Waals surface area contributed by atoms with Gasteiger partial charge in [-0.25, -0.2) is 4.39 Å². The molecule has 0 amide bonds. The van der Waals surface area contributed by atoms with Crippen molar-refractivity contribution in [2.45, 2.75) is 33.2 Å². The van der Waals surface area contributed by atoms with E-state index in [-0.39, 0.29) is 22.9 Å². The number of benzene rings is 1. The molecule has 0 spiro atoms. The van der Waals surface area contributed by atoms with Gasteiger partial charge in [0.2, 0.25) is 5.89 Å². The van der Waals surface area contributed by atoms with E-state index in [0.717, 1.165) is 0 Å². The van der Waals surface area contributed by atoms with E-state index in [0.29, 0.717) is 17.3 Å². The molecule has 1 aromatic carbocycles. The summed E-state index contributed by atoms with van der Waals surface area (Å²) in [5, 5.41) is 3.92. The molecule has 0 saturated heterocycles. The molecule has 4 nitrogen and oxygen atoms in total. The topological polar surface area (TPSA) is 64.9 Å². The fraction of sp³-hybridized carbons (Fsp3) is 0.429. The second-order valence-electron chi connectivity index (χ2n) is 5.78. The van der Waals surface area contributed by atoms with Crippen LogP contribution in [0.4, 0.5) is 4.39 Å². The number of hydrogen-bond donors (Lipinski definition) is 1. The normalized spacial score (nSPS) is 13.5. The number of rotatable bonds is 3. The van der Waals surface area contributed by atoms with Crippen molar-refractivity contribution in [1.29, 1.82) is 0 Å². The standard InChI is InChI=1S/C14H17ClFN3O/c1-14(2,3)12(17)13-18-10(19-20-13)7-8-5-4-6-9(15)11(8)16/h4-6,12H,7,17H2,1-3H3/t12-/m1/s1. The van der Waals surface area contributed by atoms with E-state index in [1.54, 1.807) is 12.1 Å². The molecule has 0 aliphatic heterocycles. The van der Waals surface area contributed by atoms with Crippen LogP contribution in [0.3, 0.4) is 0 Å². The Labute approximate surface area is 122 Å². The predicted molar refractivity (Wildman–Crippen MR) is 74.9 cm³/mol. The molecule has 2 aromatic rings. The molecular formula is C14H17ClFN3O. The lowest BCUT2D eigenvalue weighted by Crippen LogP contribution is -2.26. The fourth-order valence-corrected chi connectivity index (χ4v) is 1.89. The lowest BCUT2D eigenvalue weighted by Gasteiger charge is -2.23. The highest BCUT2D eigenvalue weighted by Crippen LogP contribution is 2.29. The highest BCUT2D eigenvalue weighted by Gasteiger charge is 2.27. The average molecular weight is 298 g/mol. The minimum absolute atomic E-state index is 0.0811. The molecule has 0 saturated carbocycles. The van der Waals surface area contributed by atoms with E-state index in [1.165, 1.54) is 6.07 Å². The maximum Gasteiger partial charge on any atom is 0.244 e. The van der Waals surface area contributed by atoms with Crippen molar-refractivity contribution in [3.05, 3.63) is 46.3 Å². The smallest absolute Gasteiger partial charge is 0.244 e. The van der Waals surface area contributed by atoms with Crippen LogP contribution in [0.15, 0.2) is 22.7 Å². The van der Waals surface area contributed by atoms with Gasteiger partial charge >= 0.3 is 0 Å². The summed E-state index contributed by atoms with van der Waals surface area (Å²) in [5.41, 5.74) is 6.28. The van der Waals surface area contributed by atoms with E-state index in [4.69, 9.17) is 21.9 Å².